The summed E-state index contributed by atoms with van der Waals surface area (Å²) in [5, 5.41) is 2.08. The maximum atomic E-state index is 13.8. The lowest BCUT2D eigenvalue weighted by atomic mass is 9.92. The molecule has 2 heterocycles. The number of hydrogen-bond donors (Lipinski definition) is 0. The lowest BCUT2D eigenvalue weighted by molar-refractivity contribution is -0.135. The smallest absolute Gasteiger partial charge is 0.254 e. The number of amides is 2. The van der Waals surface area contributed by atoms with Gasteiger partial charge >= 0.3 is 0 Å². The molecule has 33 heavy (non-hydrogen) atoms. The Morgan fingerprint density at radius 3 is 2.52 bits per heavy atom. The number of carbonyl (C=O) groups is 2. The average molecular weight is 465 g/mol. The van der Waals surface area contributed by atoms with Gasteiger partial charge in [-0.1, -0.05) is 35.9 Å². The maximum absolute atomic E-state index is 13.8. The molecule has 1 atom stereocenters. The second-order valence-corrected chi connectivity index (χ2v) is 10.5. The van der Waals surface area contributed by atoms with E-state index >= 15 is 0 Å². The van der Waals surface area contributed by atoms with E-state index in [4.69, 9.17) is 0 Å². The van der Waals surface area contributed by atoms with Gasteiger partial charge in [-0.25, -0.2) is 4.39 Å². The molecule has 0 bridgehead atoms. The Balaban J connectivity index is 1.65. The number of aryl methyl sites for hydroxylation is 1. The molecule has 0 saturated heterocycles. The first-order valence-electron chi connectivity index (χ1n) is 11.1. The molecule has 172 valence electrons. The number of carbonyl (C=O) groups excluding carboxylic acids is 2. The Morgan fingerprint density at radius 1 is 1.12 bits per heavy atom. The number of halogens is 1. The van der Waals surface area contributed by atoms with Gasteiger partial charge in [0.1, 0.15) is 12.4 Å². The Kier molecular flexibility index (Phi) is 6.39. The van der Waals surface area contributed by atoms with Gasteiger partial charge in [-0.3, -0.25) is 9.59 Å². The summed E-state index contributed by atoms with van der Waals surface area (Å²) in [5.74, 6) is -0.936. The van der Waals surface area contributed by atoms with Gasteiger partial charge in [0.25, 0.3) is 5.91 Å². The van der Waals surface area contributed by atoms with Crippen LogP contribution in [0, 0.1) is 12.7 Å². The largest absolute Gasteiger partial charge is 0.330 e. The minimum atomic E-state index is -0.609. The van der Waals surface area contributed by atoms with Gasteiger partial charge in [0.05, 0.1) is 6.04 Å². The summed E-state index contributed by atoms with van der Waals surface area (Å²) in [6.07, 6.45) is 0.800. The molecule has 1 unspecified atom stereocenters. The molecule has 3 aromatic rings. The number of nitrogens with zero attached hydrogens (tertiary/aromatic N) is 2. The highest BCUT2D eigenvalue weighted by Gasteiger charge is 2.36. The fourth-order valence-electron chi connectivity index (χ4n) is 4.31. The normalized spacial score (nSPS) is 15.8. The molecule has 0 spiro atoms. The molecule has 0 fully saturated rings. The lowest BCUT2D eigenvalue weighted by Crippen LogP contribution is -2.52. The highest BCUT2D eigenvalue weighted by Crippen LogP contribution is 2.38. The van der Waals surface area contributed by atoms with Crippen molar-refractivity contribution in [3.8, 4) is 0 Å². The van der Waals surface area contributed by atoms with Crippen LogP contribution in [-0.2, 0) is 11.2 Å². The Hall–Kier alpha value is -2.99. The SMILES string of the molecule is Cc1ccc(C2c3ccsc3CCN2C(=O)CN(C(=O)c2cccc(F)c2)C(C)(C)C)cc1. The molecule has 1 aromatic heterocycles. The summed E-state index contributed by atoms with van der Waals surface area (Å²) in [5.41, 5.74) is 3.01. The van der Waals surface area contributed by atoms with Crippen LogP contribution in [0.2, 0.25) is 0 Å². The van der Waals surface area contributed by atoms with Gasteiger partial charge < -0.3 is 9.80 Å². The molecule has 4 nitrogen and oxygen atoms in total. The first kappa shape index (κ1) is 23.2. The molecule has 4 rings (SSSR count). The van der Waals surface area contributed by atoms with E-state index in [0.717, 1.165) is 23.1 Å². The van der Waals surface area contributed by atoms with E-state index in [2.05, 4.69) is 35.7 Å². The molecular weight excluding hydrogens is 435 g/mol. The second kappa shape index (κ2) is 9.10. The van der Waals surface area contributed by atoms with Crippen LogP contribution in [0.15, 0.2) is 60.0 Å². The van der Waals surface area contributed by atoms with E-state index in [9.17, 15) is 14.0 Å². The van der Waals surface area contributed by atoms with Crippen LogP contribution in [0.4, 0.5) is 4.39 Å². The van der Waals surface area contributed by atoms with Crippen LogP contribution in [0.1, 0.15) is 58.7 Å². The minimum absolute atomic E-state index is 0.0688. The van der Waals surface area contributed by atoms with Crippen LogP contribution in [-0.4, -0.2) is 40.2 Å². The van der Waals surface area contributed by atoms with Crippen molar-refractivity contribution >= 4 is 23.2 Å². The van der Waals surface area contributed by atoms with Crippen LogP contribution < -0.4 is 0 Å². The lowest BCUT2D eigenvalue weighted by Gasteiger charge is -2.40. The summed E-state index contributed by atoms with van der Waals surface area (Å²) < 4.78 is 13.8. The zero-order valence-electron chi connectivity index (χ0n) is 19.5. The van der Waals surface area contributed by atoms with Gasteiger partial charge in [0.15, 0.2) is 0 Å². The summed E-state index contributed by atoms with van der Waals surface area (Å²) in [7, 11) is 0. The monoisotopic (exact) mass is 464 g/mol. The molecule has 1 aliphatic heterocycles. The van der Waals surface area contributed by atoms with Crippen molar-refractivity contribution in [2.75, 3.05) is 13.1 Å². The average Bonchev–Trinajstić information content (AvgIpc) is 3.25. The highest BCUT2D eigenvalue weighted by molar-refractivity contribution is 7.10. The molecule has 6 heteroatoms. The summed E-state index contributed by atoms with van der Waals surface area (Å²) in [4.78, 5) is 31.7. The number of hydrogen-bond acceptors (Lipinski definition) is 3. The van der Waals surface area contributed by atoms with Gasteiger partial charge in [-0.2, -0.15) is 0 Å². The zero-order chi connectivity index (χ0) is 23.8. The van der Waals surface area contributed by atoms with Gasteiger partial charge in [0.2, 0.25) is 5.91 Å². The number of rotatable bonds is 4. The number of benzene rings is 2. The zero-order valence-corrected chi connectivity index (χ0v) is 20.3. The summed E-state index contributed by atoms with van der Waals surface area (Å²) >= 11 is 1.72. The first-order valence-corrected chi connectivity index (χ1v) is 12.0. The third-order valence-corrected chi connectivity index (χ3v) is 7.10. The molecular formula is C27H29FN2O2S. The van der Waals surface area contributed by atoms with Gasteiger partial charge in [0, 0.05) is 22.5 Å². The Labute approximate surface area is 198 Å². The van der Waals surface area contributed by atoms with E-state index in [-0.39, 0.29) is 30.0 Å². The predicted molar refractivity (Wildman–Crippen MR) is 130 cm³/mol. The summed E-state index contributed by atoms with van der Waals surface area (Å²) in [6, 6.07) is 15.8. The van der Waals surface area contributed by atoms with Crippen molar-refractivity contribution in [2.24, 2.45) is 0 Å². The second-order valence-electron chi connectivity index (χ2n) is 9.52. The number of fused-ring (bicyclic) bond motifs is 1. The van der Waals surface area contributed by atoms with Gasteiger partial charge in [-0.15, -0.1) is 11.3 Å². The summed E-state index contributed by atoms with van der Waals surface area (Å²) in [6.45, 7) is 8.24. The molecule has 0 radical (unpaired) electrons. The number of thiophene rings is 1. The van der Waals surface area contributed by atoms with Crippen molar-refractivity contribution in [3.63, 3.8) is 0 Å². The predicted octanol–water partition coefficient (Wildman–Crippen LogP) is 5.61. The quantitative estimate of drug-likeness (QED) is 0.504. The van der Waals surface area contributed by atoms with Crippen LogP contribution in [0.5, 0.6) is 0 Å². The topological polar surface area (TPSA) is 40.6 Å². The standard InChI is InChI=1S/C27H29FN2O2S/c1-18-8-10-19(11-9-18)25-22-13-15-33-23(22)12-14-29(25)24(31)17-30(27(2,3)4)26(32)20-6-5-7-21(28)16-20/h5-11,13,15-16,25H,12,14,17H2,1-4H3. The molecule has 2 aromatic carbocycles. The van der Waals surface area contributed by atoms with E-state index in [1.807, 2.05) is 32.6 Å². The Morgan fingerprint density at radius 2 is 1.85 bits per heavy atom. The fourth-order valence-corrected chi connectivity index (χ4v) is 5.21. The van der Waals surface area contributed by atoms with Gasteiger partial charge in [-0.05, 0) is 74.9 Å². The molecule has 0 N–H and O–H groups in total. The highest BCUT2D eigenvalue weighted by atomic mass is 32.1. The van der Waals surface area contributed by atoms with Crippen molar-refractivity contribution < 1.29 is 14.0 Å². The molecule has 0 aliphatic carbocycles. The van der Waals surface area contributed by atoms with Crippen LogP contribution in [0.25, 0.3) is 0 Å². The third-order valence-electron chi connectivity index (χ3n) is 6.10. The van der Waals surface area contributed by atoms with E-state index in [0.29, 0.717) is 6.54 Å². The third kappa shape index (κ3) is 4.86. The minimum Gasteiger partial charge on any atom is -0.330 e. The van der Waals surface area contributed by atoms with E-state index < -0.39 is 11.4 Å². The van der Waals surface area contributed by atoms with Crippen molar-refractivity contribution in [1.29, 1.82) is 0 Å². The van der Waals surface area contributed by atoms with E-state index in [1.54, 1.807) is 22.3 Å². The van der Waals surface area contributed by atoms with Crippen molar-refractivity contribution in [1.82, 2.24) is 9.80 Å². The van der Waals surface area contributed by atoms with E-state index in [1.165, 1.54) is 23.1 Å². The Bertz CT molecular complexity index is 1160. The first-order chi connectivity index (χ1) is 15.6. The fraction of sp³-hybridized carbons (Fsp3) is 0.333. The maximum Gasteiger partial charge on any atom is 0.254 e. The molecule has 0 saturated carbocycles. The van der Waals surface area contributed by atoms with Crippen LogP contribution >= 0.6 is 11.3 Å². The molecule has 1 aliphatic rings. The molecule has 2 amide bonds. The van der Waals surface area contributed by atoms with Crippen LogP contribution in [0.3, 0.4) is 0 Å². The van der Waals surface area contributed by atoms with Crippen molar-refractivity contribution in [3.05, 3.63) is 92.9 Å². The van der Waals surface area contributed by atoms with Crippen molar-refractivity contribution in [2.45, 2.75) is 45.7 Å².